The number of para-hydroxylation sites is 2. The van der Waals surface area contributed by atoms with Crippen molar-refractivity contribution in [2.75, 3.05) is 18.5 Å². The van der Waals surface area contributed by atoms with Crippen molar-refractivity contribution in [3.63, 3.8) is 0 Å². The first kappa shape index (κ1) is 15.4. The zero-order valence-corrected chi connectivity index (χ0v) is 13.2. The van der Waals surface area contributed by atoms with Gasteiger partial charge < -0.3 is 15.0 Å². The van der Waals surface area contributed by atoms with Crippen molar-refractivity contribution in [2.45, 2.75) is 6.10 Å². The molecule has 1 aliphatic rings. The fourth-order valence-electron chi connectivity index (χ4n) is 2.50. The van der Waals surface area contributed by atoms with Gasteiger partial charge in [-0.05, 0) is 30.3 Å². The third kappa shape index (κ3) is 3.00. The summed E-state index contributed by atoms with van der Waals surface area (Å²) in [6.07, 6.45) is -0.752. The first-order chi connectivity index (χ1) is 11.1. The number of carbonyl (C=O) groups is 2. The van der Waals surface area contributed by atoms with Gasteiger partial charge >= 0.3 is 0 Å². The summed E-state index contributed by atoms with van der Waals surface area (Å²) in [7, 11) is 1.54. The van der Waals surface area contributed by atoms with Crippen LogP contribution in [0.4, 0.5) is 5.69 Å². The third-order valence-corrected chi connectivity index (χ3v) is 3.86. The van der Waals surface area contributed by atoms with Crippen molar-refractivity contribution in [3.05, 3.63) is 59.1 Å². The number of hydrogen-bond acceptors (Lipinski definition) is 3. The van der Waals surface area contributed by atoms with E-state index in [0.29, 0.717) is 22.0 Å². The molecule has 3 rings (SSSR count). The number of anilines is 1. The number of rotatable bonds is 2. The second-order valence-corrected chi connectivity index (χ2v) is 5.55. The molecule has 0 radical (unpaired) electrons. The summed E-state index contributed by atoms with van der Waals surface area (Å²) in [5.41, 5.74) is 1.10. The van der Waals surface area contributed by atoms with E-state index in [4.69, 9.17) is 16.3 Å². The molecule has 0 unspecified atom stereocenters. The Labute approximate surface area is 138 Å². The Hall–Kier alpha value is -2.53. The number of fused-ring (bicyclic) bond motifs is 1. The molecule has 0 aromatic heterocycles. The Balaban J connectivity index is 1.99. The van der Waals surface area contributed by atoms with E-state index < -0.39 is 6.10 Å². The first-order valence-electron chi connectivity index (χ1n) is 7.15. The van der Waals surface area contributed by atoms with Gasteiger partial charge in [-0.1, -0.05) is 29.8 Å². The highest BCUT2D eigenvalue weighted by Gasteiger charge is 2.33. The molecule has 23 heavy (non-hydrogen) atoms. The number of benzene rings is 2. The molecule has 1 atom stereocenters. The number of ether oxygens (including phenoxy) is 1. The van der Waals surface area contributed by atoms with Gasteiger partial charge in [0.15, 0.2) is 6.10 Å². The summed E-state index contributed by atoms with van der Waals surface area (Å²) >= 11 is 5.97. The minimum Gasteiger partial charge on any atom is -0.477 e. The molecule has 1 aliphatic heterocycles. The topological polar surface area (TPSA) is 58.6 Å². The molecule has 1 heterocycles. The first-order valence-corrected chi connectivity index (χ1v) is 7.52. The molecule has 2 amide bonds. The van der Waals surface area contributed by atoms with Crippen molar-refractivity contribution in [2.24, 2.45) is 0 Å². The molecule has 118 valence electrons. The molecular formula is C17H15ClN2O3. The number of hydrogen-bond donors (Lipinski definition) is 1. The van der Waals surface area contributed by atoms with Gasteiger partial charge in [-0.3, -0.25) is 9.59 Å². The second-order valence-electron chi connectivity index (χ2n) is 5.11. The molecule has 2 aromatic rings. The maximum Gasteiger partial charge on any atom is 0.262 e. The van der Waals surface area contributed by atoms with Crippen LogP contribution in [0.15, 0.2) is 48.5 Å². The van der Waals surface area contributed by atoms with Gasteiger partial charge in [-0.2, -0.15) is 0 Å². The Morgan fingerprint density at radius 2 is 2.00 bits per heavy atom. The lowest BCUT2D eigenvalue weighted by Crippen LogP contribution is -2.50. The molecule has 0 bridgehead atoms. The van der Waals surface area contributed by atoms with Crippen LogP contribution in [0.3, 0.4) is 0 Å². The Kier molecular flexibility index (Phi) is 4.21. The van der Waals surface area contributed by atoms with E-state index in [1.165, 1.54) is 7.05 Å². The van der Waals surface area contributed by atoms with E-state index in [9.17, 15) is 9.59 Å². The zero-order valence-electron chi connectivity index (χ0n) is 12.5. The van der Waals surface area contributed by atoms with Crippen LogP contribution in [-0.4, -0.2) is 31.5 Å². The summed E-state index contributed by atoms with van der Waals surface area (Å²) < 4.78 is 5.69. The summed E-state index contributed by atoms with van der Waals surface area (Å²) in [6, 6.07) is 13.9. The van der Waals surface area contributed by atoms with Crippen LogP contribution in [0.5, 0.6) is 5.75 Å². The Morgan fingerprint density at radius 3 is 2.74 bits per heavy atom. The van der Waals surface area contributed by atoms with Crippen molar-refractivity contribution < 1.29 is 14.3 Å². The lowest BCUT2D eigenvalue weighted by Gasteiger charge is -2.34. The molecule has 1 N–H and O–H groups in total. The highest BCUT2D eigenvalue weighted by molar-refractivity contribution is 6.31. The lowest BCUT2D eigenvalue weighted by atomic mass is 10.1. The van der Waals surface area contributed by atoms with Gasteiger partial charge in [0.1, 0.15) is 5.75 Å². The van der Waals surface area contributed by atoms with Gasteiger partial charge in [0, 0.05) is 17.6 Å². The van der Waals surface area contributed by atoms with E-state index in [0.717, 1.165) is 0 Å². The average molecular weight is 331 g/mol. The summed E-state index contributed by atoms with van der Waals surface area (Å²) in [4.78, 5) is 26.3. The van der Waals surface area contributed by atoms with E-state index in [1.807, 2.05) is 6.07 Å². The van der Waals surface area contributed by atoms with E-state index in [1.54, 1.807) is 47.4 Å². The van der Waals surface area contributed by atoms with Crippen molar-refractivity contribution >= 4 is 29.1 Å². The van der Waals surface area contributed by atoms with Crippen LogP contribution in [0.1, 0.15) is 10.4 Å². The normalized spacial score (nSPS) is 16.3. The van der Waals surface area contributed by atoms with Crippen molar-refractivity contribution in [1.82, 2.24) is 5.32 Å². The van der Waals surface area contributed by atoms with Crippen molar-refractivity contribution in [1.29, 1.82) is 0 Å². The van der Waals surface area contributed by atoms with Gasteiger partial charge in [-0.15, -0.1) is 0 Å². The van der Waals surface area contributed by atoms with Crippen LogP contribution < -0.4 is 15.0 Å². The smallest absolute Gasteiger partial charge is 0.262 e. The largest absolute Gasteiger partial charge is 0.477 e. The molecule has 0 fully saturated rings. The third-order valence-electron chi connectivity index (χ3n) is 3.63. The molecule has 0 saturated heterocycles. The number of likely N-dealkylation sites (N-methyl/N-ethyl adjacent to an activating group) is 1. The van der Waals surface area contributed by atoms with Gasteiger partial charge in [0.25, 0.3) is 11.8 Å². The SMILES string of the molecule is CNC(=O)[C@@H]1CN(C(=O)c2cccc(Cl)c2)c2ccccc2O1. The predicted octanol–water partition coefficient (Wildman–Crippen LogP) is 2.49. The molecular weight excluding hydrogens is 316 g/mol. The van der Waals surface area contributed by atoms with Crippen LogP contribution in [0.2, 0.25) is 5.02 Å². The number of nitrogens with zero attached hydrogens (tertiary/aromatic N) is 1. The minimum absolute atomic E-state index is 0.141. The standard InChI is InChI=1S/C17H15ClN2O3/c1-19-16(21)15-10-20(13-7-2-3-8-14(13)23-15)17(22)11-5-4-6-12(18)9-11/h2-9,15H,10H2,1H3,(H,19,21)/t15-/m0/s1. The Bertz CT molecular complexity index is 763. The van der Waals surface area contributed by atoms with E-state index in [-0.39, 0.29) is 18.4 Å². The monoisotopic (exact) mass is 330 g/mol. The maximum atomic E-state index is 12.9. The fraction of sp³-hybridized carbons (Fsp3) is 0.176. The molecule has 2 aromatic carbocycles. The summed E-state index contributed by atoms with van der Waals surface area (Å²) in [5.74, 6) is 0.00304. The maximum absolute atomic E-state index is 12.9. The summed E-state index contributed by atoms with van der Waals surface area (Å²) in [5, 5.41) is 3.04. The molecule has 6 heteroatoms. The van der Waals surface area contributed by atoms with Crippen molar-refractivity contribution in [3.8, 4) is 5.75 Å². The second kappa shape index (κ2) is 6.30. The number of amides is 2. The van der Waals surface area contributed by atoms with Gasteiger partial charge in [0.05, 0.1) is 12.2 Å². The van der Waals surface area contributed by atoms with Crippen LogP contribution >= 0.6 is 11.6 Å². The Morgan fingerprint density at radius 1 is 1.22 bits per heavy atom. The molecule has 0 spiro atoms. The van der Waals surface area contributed by atoms with E-state index in [2.05, 4.69) is 5.32 Å². The molecule has 0 aliphatic carbocycles. The highest BCUT2D eigenvalue weighted by atomic mass is 35.5. The van der Waals surface area contributed by atoms with Crippen LogP contribution in [-0.2, 0) is 4.79 Å². The fourth-order valence-corrected chi connectivity index (χ4v) is 2.69. The number of halogens is 1. The summed E-state index contributed by atoms with van der Waals surface area (Å²) in [6.45, 7) is 0.141. The van der Waals surface area contributed by atoms with Gasteiger partial charge in [0.2, 0.25) is 0 Å². The minimum atomic E-state index is -0.752. The van der Waals surface area contributed by atoms with E-state index >= 15 is 0 Å². The predicted molar refractivity (Wildman–Crippen MR) is 88.1 cm³/mol. The van der Waals surface area contributed by atoms with Crippen LogP contribution in [0, 0.1) is 0 Å². The van der Waals surface area contributed by atoms with Gasteiger partial charge in [-0.25, -0.2) is 0 Å². The number of nitrogens with one attached hydrogen (secondary N) is 1. The molecule has 0 saturated carbocycles. The number of carbonyl (C=O) groups excluding carboxylic acids is 2. The lowest BCUT2D eigenvalue weighted by molar-refractivity contribution is -0.127. The molecule has 5 nitrogen and oxygen atoms in total. The quantitative estimate of drug-likeness (QED) is 0.920. The van der Waals surface area contributed by atoms with Crippen LogP contribution in [0.25, 0.3) is 0 Å². The zero-order chi connectivity index (χ0) is 16.4. The highest BCUT2D eigenvalue weighted by Crippen LogP contribution is 2.34. The average Bonchev–Trinajstić information content (AvgIpc) is 2.59.